The molecule has 1 aliphatic heterocycles. The predicted molar refractivity (Wildman–Crippen MR) is 109 cm³/mol. The molecule has 2 aromatic rings. The second kappa shape index (κ2) is 8.44. The average Bonchev–Trinajstić information content (AvgIpc) is 2.66. The van der Waals surface area contributed by atoms with E-state index in [2.05, 4.69) is 36.1 Å². The van der Waals surface area contributed by atoms with Gasteiger partial charge < -0.3 is 14.7 Å². The molecule has 0 N–H and O–H groups in total. The fourth-order valence-corrected chi connectivity index (χ4v) is 3.49. The highest BCUT2D eigenvalue weighted by Gasteiger charge is 2.24. The summed E-state index contributed by atoms with van der Waals surface area (Å²) in [6.45, 7) is 6.43. The van der Waals surface area contributed by atoms with Gasteiger partial charge in [-0.1, -0.05) is 29.8 Å². The maximum absolute atomic E-state index is 12.7. The van der Waals surface area contributed by atoms with Crippen molar-refractivity contribution in [3.05, 3.63) is 59.1 Å². The van der Waals surface area contributed by atoms with Gasteiger partial charge in [-0.3, -0.25) is 9.59 Å². The quantitative estimate of drug-likeness (QED) is 0.810. The molecule has 0 saturated carbocycles. The van der Waals surface area contributed by atoms with E-state index in [0.29, 0.717) is 23.8 Å². The number of piperazine rings is 1. The third-order valence-electron chi connectivity index (χ3n) is 4.79. The van der Waals surface area contributed by atoms with Gasteiger partial charge in [-0.25, -0.2) is 0 Å². The normalized spacial score (nSPS) is 14.2. The highest BCUT2D eigenvalue weighted by atomic mass is 35.5. The number of carbonyl (C=O) groups excluding carboxylic acids is 2. The Morgan fingerprint density at radius 2 is 1.74 bits per heavy atom. The van der Waals surface area contributed by atoms with E-state index in [1.165, 1.54) is 23.1 Å². The summed E-state index contributed by atoms with van der Waals surface area (Å²) >= 11 is 6.03. The molecule has 6 heteroatoms. The van der Waals surface area contributed by atoms with Crippen molar-refractivity contribution in [3.8, 4) is 0 Å². The number of rotatable bonds is 4. The van der Waals surface area contributed by atoms with E-state index in [4.69, 9.17) is 11.6 Å². The van der Waals surface area contributed by atoms with Crippen molar-refractivity contribution in [2.45, 2.75) is 13.8 Å². The van der Waals surface area contributed by atoms with Gasteiger partial charge >= 0.3 is 0 Å². The summed E-state index contributed by atoms with van der Waals surface area (Å²) in [7, 11) is 0. The Kier molecular flexibility index (Phi) is 6.01. The summed E-state index contributed by atoms with van der Waals surface area (Å²) in [4.78, 5) is 30.4. The monoisotopic (exact) mass is 385 g/mol. The van der Waals surface area contributed by atoms with Gasteiger partial charge in [-0.05, 0) is 42.8 Å². The fraction of sp³-hybridized carbons (Fsp3) is 0.333. The molecule has 27 heavy (non-hydrogen) atoms. The van der Waals surface area contributed by atoms with E-state index in [1.54, 1.807) is 24.3 Å². The number of nitrogens with zero attached hydrogens (tertiary/aromatic N) is 3. The number of hydrogen-bond acceptors (Lipinski definition) is 3. The van der Waals surface area contributed by atoms with Crippen LogP contribution in [0.3, 0.4) is 0 Å². The average molecular weight is 386 g/mol. The van der Waals surface area contributed by atoms with Crippen LogP contribution in [0, 0.1) is 6.92 Å². The van der Waals surface area contributed by atoms with Gasteiger partial charge in [0.05, 0.1) is 0 Å². The Balaban J connectivity index is 1.62. The van der Waals surface area contributed by atoms with Gasteiger partial charge in [0, 0.05) is 49.5 Å². The molecule has 2 aromatic carbocycles. The topological polar surface area (TPSA) is 43.9 Å². The second-order valence-electron chi connectivity index (χ2n) is 6.79. The third kappa shape index (κ3) is 4.80. The van der Waals surface area contributed by atoms with Gasteiger partial charge in [-0.15, -0.1) is 0 Å². The van der Waals surface area contributed by atoms with Crippen LogP contribution in [-0.4, -0.2) is 49.4 Å². The lowest BCUT2D eigenvalue weighted by Gasteiger charge is -2.37. The molecule has 0 unspecified atom stereocenters. The summed E-state index contributed by atoms with van der Waals surface area (Å²) in [6, 6.07) is 15.4. The van der Waals surface area contributed by atoms with Crippen LogP contribution >= 0.6 is 11.6 Å². The van der Waals surface area contributed by atoms with E-state index in [0.717, 1.165) is 13.1 Å². The van der Waals surface area contributed by atoms with Gasteiger partial charge in [0.1, 0.15) is 6.54 Å². The van der Waals surface area contributed by atoms with Crippen LogP contribution in [0.1, 0.15) is 12.5 Å². The molecule has 0 aliphatic carbocycles. The third-order valence-corrected chi connectivity index (χ3v) is 5.03. The zero-order valence-corrected chi connectivity index (χ0v) is 16.4. The molecular weight excluding hydrogens is 362 g/mol. The Morgan fingerprint density at radius 1 is 1.04 bits per heavy atom. The van der Waals surface area contributed by atoms with Crippen molar-refractivity contribution < 1.29 is 9.59 Å². The largest absolute Gasteiger partial charge is 0.368 e. The van der Waals surface area contributed by atoms with E-state index in [-0.39, 0.29) is 18.4 Å². The summed E-state index contributed by atoms with van der Waals surface area (Å²) in [5, 5.41) is 0.540. The van der Waals surface area contributed by atoms with E-state index in [1.807, 2.05) is 4.90 Å². The van der Waals surface area contributed by atoms with Gasteiger partial charge in [0.2, 0.25) is 11.8 Å². The molecule has 1 saturated heterocycles. The standard InChI is InChI=1S/C21H24ClN3O2/c1-16-5-3-7-19(13-16)23-9-11-24(12-10-23)21(27)15-25(17(2)26)20-8-4-6-18(22)14-20/h3-8,13-14H,9-12,15H2,1-2H3. The van der Waals surface area contributed by atoms with Crippen molar-refractivity contribution in [3.63, 3.8) is 0 Å². The zero-order chi connectivity index (χ0) is 19.4. The van der Waals surface area contributed by atoms with Crippen LogP contribution < -0.4 is 9.80 Å². The first-order valence-corrected chi connectivity index (χ1v) is 9.45. The van der Waals surface area contributed by atoms with Crippen molar-refractivity contribution in [1.82, 2.24) is 4.90 Å². The lowest BCUT2D eigenvalue weighted by Crippen LogP contribution is -2.51. The molecule has 142 valence electrons. The fourth-order valence-electron chi connectivity index (χ4n) is 3.30. The number of halogens is 1. The summed E-state index contributed by atoms with van der Waals surface area (Å²) < 4.78 is 0. The predicted octanol–water partition coefficient (Wildman–Crippen LogP) is 3.35. The second-order valence-corrected chi connectivity index (χ2v) is 7.23. The van der Waals surface area contributed by atoms with E-state index >= 15 is 0 Å². The number of carbonyl (C=O) groups is 2. The molecule has 2 amide bonds. The molecule has 1 aliphatic rings. The minimum Gasteiger partial charge on any atom is -0.368 e. The highest BCUT2D eigenvalue weighted by Crippen LogP contribution is 2.21. The number of benzene rings is 2. The number of amides is 2. The summed E-state index contributed by atoms with van der Waals surface area (Å²) in [5.74, 6) is -0.224. The number of anilines is 2. The first-order valence-electron chi connectivity index (χ1n) is 9.07. The van der Waals surface area contributed by atoms with Gasteiger partial charge in [0.25, 0.3) is 0 Å². The number of aryl methyl sites for hydroxylation is 1. The minimum atomic E-state index is -0.177. The van der Waals surface area contributed by atoms with Crippen LogP contribution in [0.25, 0.3) is 0 Å². The smallest absolute Gasteiger partial charge is 0.242 e. The molecule has 1 fully saturated rings. The first kappa shape index (κ1) is 19.2. The van der Waals surface area contributed by atoms with Crippen LogP contribution in [0.15, 0.2) is 48.5 Å². The highest BCUT2D eigenvalue weighted by molar-refractivity contribution is 6.30. The molecule has 0 spiro atoms. The maximum Gasteiger partial charge on any atom is 0.242 e. The van der Waals surface area contributed by atoms with Gasteiger partial charge in [0.15, 0.2) is 0 Å². The Morgan fingerprint density at radius 3 is 2.37 bits per heavy atom. The zero-order valence-electron chi connectivity index (χ0n) is 15.7. The summed E-state index contributed by atoms with van der Waals surface area (Å²) in [6.07, 6.45) is 0. The van der Waals surface area contributed by atoms with Crippen LogP contribution in [0.4, 0.5) is 11.4 Å². The van der Waals surface area contributed by atoms with Crippen molar-refractivity contribution in [2.24, 2.45) is 0 Å². The molecule has 0 radical (unpaired) electrons. The Hall–Kier alpha value is -2.53. The molecule has 0 bridgehead atoms. The Bertz CT molecular complexity index is 832. The van der Waals surface area contributed by atoms with Crippen molar-refractivity contribution in [2.75, 3.05) is 42.5 Å². The maximum atomic E-state index is 12.7. The van der Waals surface area contributed by atoms with E-state index < -0.39 is 0 Å². The Labute approximate surface area is 165 Å². The van der Waals surface area contributed by atoms with Crippen molar-refractivity contribution in [1.29, 1.82) is 0 Å². The van der Waals surface area contributed by atoms with Gasteiger partial charge in [-0.2, -0.15) is 0 Å². The SMILES string of the molecule is CC(=O)N(CC(=O)N1CCN(c2cccc(C)c2)CC1)c1cccc(Cl)c1. The molecule has 0 aromatic heterocycles. The first-order chi connectivity index (χ1) is 12.9. The van der Waals surface area contributed by atoms with Crippen LogP contribution in [-0.2, 0) is 9.59 Å². The lowest BCUT2D eigenvalue weighted by molar-refractivity contribution is -0.131. The minimum absolute atomic E-state index is 0.0279. The molecule has 0 atom stereocenters. The van der Waals surface area contributed by atoms with Crippen LogP contribution in [0.2, 0.25) is 5.02 Å². The van der Waals surface area contributed by atoms with Crippen LogP contribution in [0.5, 0.6) is 0 Å². The molecule has 3 rings (SSSR count). The number of hydrogen-bond donors (Lipinski definition) is 0. The summed E-state index contributed by atoms with van der Waals surface area (Å²) in [5.41, 5.74) is 3.05. The lowest BCUT2D eigenvalue weighted by atomic mass is 10.2. The van der Waals surface area contributed by atoms with Crippen molar-refractivity contribution >= 4 is 34.8 Å². The van der Waals surface area contributed by atoms with E-state index in [9.17, 15) is 9.59 Å². The molecular formula is C21H24ClN3O2. The molecule has 1 heterocycles. The molecule has 5 nitrogen and oxygen atoms in total.